The maximum atomic E-state index is 8.56. The zero-order chi connectivity index (χ0) is 16.2. The van der Waals surface area contributed by atoms with Crippen LogP contribution in [0.4, 0.5) is 4.79 Å². The molecule has 1 unspecified atom stereocenters. The van der Waals surface area contributed by atoms with Gasteiger partial charge in [-0.15, -0.1) is 0 Å². The van der Waals surface area contributed by atoms with Crippen LogP contribution < -0.4 is 0 Å². The molecule has 1 aromatic carbocycles. The predicted octanol–water partition coefficient (Wildman–Crippen LogP) is 5.81. The Hall–Kier alpha value is -1.29. The Bertz CT molecular complexity index is 511. The average molecular weight is 355 g/mol. The van der Waals surface area contributed by atoms with Crippen LogP contribution in [0, 0.1) is 11.3 Å². The summed E-state index contributed by atoms with van der Waals surface area (Å²) in [5, 5.41) is 13.9. The minimum absolute atomic E-state index is 0.511. The molecule has 0 bridgehead atoms. The highest BCUT2D eigenvalue weighted by Gasteiger charge is 2.43. The zero-order valence-corrected chi connectivity index (χ0v) is 14.5. The molecule has 1 aliphatic carbocycles. The molecule has 1 saturated carbocycles. The fraction of sp³-hybridized carbons (Fsp3) is 0.471. The third-order valence-electron chi connectivity index (χ3n) is 3.79. The number of allylic oxidation sites excluding steroid dienone is 1. The fourth-order valence-corrected chi connectivity index (χ4v) is 2.68. The van der Waals surface area contributed by atoms with E-state index in [0.717, 1.165) is 5.92 Å². The molecule has 0 aliphatic heterocycles. The zero-order valence-electron chi connectivity index (χ0n) is 12.9. The third-order valence-corrected chi connectivity index (χ3v) is 4.51. The molecule has 0 saturated heterocycles. The average Bonchev–Trinajstić information content (AvgIpc) is 2.95. The van der Waals surface area contributed by atoms with E-state index in [1.165, 1.54) is 22.0 Å². The molecule has 0 radical (unpaired) electrons. The van der Waals surface area contributed by atoms with E-state index in [0.29, 0.717) is 11.3 Å². The first-order valence-electron chi connectivity index (χ1n) is 7.03. The number of rotatable bonds is 3. The lowest BCUT2D eigenvalue weighted by Gasteiger charge is -2.07. The second-order valence-corrected chi connectivity index (χ2v) is 7.23. The monoisotopic (exact) mass is 354 g/mol. The topological polar surface area (TPSA) is 57.5 Å². The molecule has 1 atom stereocenters. The lowest BCUT2D eigenvalue weighted by Crippen LogP contribution is -1.89. The molecule has 21 heavy (non-hydrogen) atoms. The van der Waals surface area contributed by atoms with Crippen LogP contribution in [0.25, 0.3) is 4.48 Å². The molecule has 3 nitrogen and oxygen atoms in total. The normalized spacial score (nSPS) is 19.7. The Morgan fingerprint density at radius 3 is 2.05 bits per heavy atom. The van der Waals surface area contributed by atoms with Crippen molar-refractivity contribution in [2.75, 3.05) is 0 Å². The number of carboxylic acid groups (broad SMARTS) is 2. The summed E-state index contributed by atoms with van der Waals surface area (Å²) in [6, 6.07) is 8.89. The number of hydrogen-bond donors (Lipinski definition) is 2. The largest absolute Gasteiger partial charge is 0.503 e. The first kappa shape index (κ1) is 17.8. The molecular formula is C17H23BrO3. The summed E-state index contributed by atoms with van der Waals surface area (Å²) in [6.07, 6.45) is 1.84. The molecule has 0 spiro atoms. The second-order valence-electron chi connectivity index (χ2n) is 6.37. The van der Waals surface area contributed by atoms with Crippen molar-refractivity contribution in [2.24, 2.45) is 11.3 Å². The van der Waals surface area contributed by atoms with Crippen molar-refractivity contribution in [1.82, 2.24) is 0 Å². The molecule has 0 amide bonds. The SMILES string of the molecule is CC(C)c1ccc(C(Br)=CC2CC2(C)C)cc1.O=C(O)O. The lowest BCUT2D eigenvalue weighted by molar-refractivity contribution is 0.137. The quantitative estimate of drug-likeness (QED) is 0.719. The molecule has 2 rings (SSSR count). The predicted molar refractivity (Wildman–Crippen MR) is 90.0 cm³/mol. The summed E-state index contributed by atoms with van der Waals surface area (Å²) in [7, 11) is 0. The molecule has 1 aliphatic rings. The van der Waals surface area contributed by atoms with Crippen LogP contribution in [0.3, 0.4) is 0 Å². The molecule has 116 valence electrons. The highest BCUT2D eigenvalue weighted by Crippen LogP contribution is 2.53. The first-order valence-corrected chi connectivity index (χ1v) is 7.82. The summed E-state index contributed by atoms with van der Waals surface area (Å²) in [6.45, 7) is 9.12. The van der Waals surface area contributed by atoms with E-state index in [-0.39, 0.29) is 0 Å². The van der Waals surface area contributed by atoms with E-state index in [1.54, 1.807) is 0 Å². The fourth-order valence-electron chi connectivity index (χ4n) is 2.09. The highest BCUT2D eigenvalue weighted by atomic mass is 79.9. The molecular weight excluding hydrogens is 332 g/mol. The maximum absolute atomic E-state index is 8.56. The Morgan fingerprint density at radius 2 is 1.71 bits per heavy atom. The van der Waals surface area contributed by atoms with Gasteiger partial charge < -0.3 is 10.2 Å². The van der Waals surface area contributed by atoms with Gasteiger partial charge in [0.25, 0.3) is 0 Å². The standard InChI is InChI=1S/C16H21Br.CH2O3/c1-11(2)12-5-7-13(8-6-12)15(17)9-14-10-16(14,3)4;2-1(3)4/h5-9,11,14H,10H2,1-4H3;(H2,2,3,4). The van der Waals surface area contributed by atoms with E-state index >= 15 is 0 Å². The smallest absolute Gasteiger partial charge is 0.450 e. The van der Waals surface area contributed by atoms with Gasteiger partial charge in [-0.25, -0.2) is 4.79 Å². The van der Waals surface area contributed by atoms with E-state index in [4.69, 9.17) is 15.0 Å². The Balaban J connectivity index is 0.000000491. The van der Waals surface area contributed by atoms with Crippen molar-refractivity contribution < 1.29 is 15.0 Å². The van der Waals surface area contributed by atoms with Crippen LogP contribution in [0.5, 0.6) is 0 Å². The summed E-state index contributed by atoms with van der Waals surface area (Å²) >= 11 is 3.70. The summed E-state index contributed by atoms with van der Waals surface area (Å²) in [4.78, 5) is 8.56. The van der Waals surface area contributed by atoms with Gasteiger partial charge in [-0.05, 0) is 34.8 Å². The van der Waals surface area contributed by atoms with Gasteiger partial charge in [0.05, 0.1) is 0 Å². The Kier molecular flexibility index (Phi) is 6.02. The van der Waals surface area contributed by atoms with E-state index in [2.05, 4.69) is 74.0 Å². The number of carbonyl (C=O) groups is 1. The van der Waals surface area contributed by atoms with Crippen LogP contribution >= 0.6 is 15.9 Å². The van der Waals surface area contributed by atoms with Crippen molar-refractivity contribution >= 4 is 26.6 Å². The minimum Gasteiger partial charge on any atom is -0.450 e. The van der Waals surface area contributed by atoms with Crippen LogP contribution in [0.2, 0.25) is 0 Å². The van der Waals surface area contributed by atoms with Gasteiger partial charge >= 0.3 is 6.16 Å². The van der Waals surface area contributed by atoms with Gasteiger partial charge in [-0.1, -0.05) is 74.0 Å². The lowest BCUT2D eigenvalue weighted by atomic mass is 10.0. The number of hydrogen-bond acceptors (Lipinski definition) is 1. The molecule has 1 fully saturated rings. The molecule has 2 N–H and O–H groups in total. The summed E-state index contributed by atoms with van der Waals surface area (Å²) < 4.78 is 1.24. The van der Waals surface area contributed by atoms with Crippen molar-refractivity contribution in [3.05, 3.63) is 41.5 Å². The van der Waals surface area contributed by atoms with Crippen molar-refractivity contribution in [1.29, 1.82) is 0 Å². The molecule has 1 aromatic rings. The molecule has 4 heteroatoms. The summed E-state index contributed by atoms with van der Waals surface area (Å²) in [5.41, 5.74) is 3.20. The van der Waals surface area contributed by atoms with Gasteiger partial charge in [-0.2, -0.15) is 0 Å². The Labute approximate surface area is 134 Å². The van der Waals surface area contributed by atoms with Gasteiger partial charge in [0.2, 0.25) is 0 Å². The van der Waals surface area contributed by atoms with E-state index in [9.17, 15) is 0 Å². The first-order chi connectivity index (χ1) is 9.63. The second kappa shape index (κ2) is 7.12. The van der Waals surface area contributed by atoms with Crippen molar-refractivity contribution in [3.63, 3.8) is 0 Å². The maximum Gasteiger partial charge on any atom is 0.503 e. The Morgan fingerprint density at radius 1 is 1.29 bits per heavy atom. The van der Waals surface area contributed by atoms with Crippen LogP contribution in [0.15, 0.2) is 30.3 Å². The summed E-state index contributed by atoms with van der Waals surface area (Å²) in [5.74, 6) is 1.34. The van der Waals surface area contributed by atoms with Crippen molar-refractivity contribution in [2.45, 2.75) is 40.0 Å². The van der Waals surface area contributed by atoms with E-state index < -0.39 is 6.16 Å². The van der Waals surface area contributed by atoms with E-state index in [1.807, 2.05) is 0 Å². The number of halogens is 1. The third kappa shape index (κ3) is 5.92. The van der Waals surface area contributed by atoms with Gasteiger partial charge in [0.15, 0.2) is 0 Å². The van der Waals surface area contributed by atoms with Gasteiger partial charge in [0.1, 0.15) is 0 Å². The van der Waals surface area contributed by atoms with Gasteiger partial charge in [0, 0.05) is 4.48 Å². The van der Waals surface area contributed by atoms with Crippen LogP contribution in [-0.2, 0) is 0 Å². The number of benzene rings is 1. The van der Waals surface area contributed by atoms with Crippen LogP contribution in [-0.4, -0.2) is 16.4 Å². The van der Waals surface area contributed by atoms with Crippen LogP contribution in [0.1, 0.15) is 51.2 Å². The minimum atomic E-state index is -1.83. The molecule has 0 heterocycles. The van der Waals surface area contributed by atoms with Gasteiger partial charge in [-0.3, -0.25) is 0 Å². The van der Waals surface area contributed by atoms with Crippen molar-refractivity contribution in [3.8, 4) is 0 Å². The molecule has 0 aromatic heterocycles. The highest BCUT2D eigenvalue weighted by molar-refractivity contribution is 9.15.